The molecular formula is C11H29N3Si. The van der Waals surface area contributed by atoms with Crippen molar-refractivity contribution in [2.75, 3.05) is 19.6 Å². The van der Waals surface area contributed by atoms with E-state index in [1.165, 1.54) is 43.4 Å². The highest BCUT2D eigenvalue weighted by Gasteiger charge is 2.28. The van der Waals surface area contributed by atoms with E-state index >= 15 is 0 Å². The topological polar surface area (TPSA) is 78.1 Å². The molecule has 6 N–H and O–H groups in total. The van der Waals surface area contributed by atoms with Crippen molar-refractivity contribution in [3.05, 3.63) is 0 Å². The molecule has 0 aliphatic heterocycles. The molecule has 0 saturated heterocycles. The Labute approximate surface area is 95.8 Å². The van der Waals surface area contributed by atoms with E-state index in [4.69, 9.17) is 17.2 Å². The lowest BCUT2D eigenvalue weighted by Gasteiger charge is -2.30. The van der Waals surface area contributed by atoms with E-state index in [2.05, 4.69) is 6.92 Å². The molecule has 0 rings (SSSR count). The fraction of sp³-hybridized carbons (Fsp3) is 1.00. The first-order valence-electron chi connectivity index (χ1n) is 6.35. The second kappa shape index (κ2) is 9.33. The molecule has 0 spiro atoms. The standard InChI is InChI=1S/C11H29N3Si/c1-2-15(9-3-6-12,10-4-7-13)11-5-8-14/h2-14H2,1H3. The minimum atomic E-state index is -1.07. The zero-order valence-electron chi connectivity index (χ0n) is 10.3. The summed E-state index contributed by atoms with van der Waals surface area (Å²) < 4.78 is 0. The zero-order valence-corrected chi connectivity index (χ0v) is 11.3. The minimum Gasteiger partial charge on any atom is -0.330 e. The van der Waals surface area contributed by atoms with Gasteiger partial charge < -0.3 is 17.2 Å². The van der Waals surface area contributed by atoms with Crippen LogP contribution in [0.25, 0.3) is 0 Å². The van der Waals surface area contributed by atoms with Crippen LogP contribution in [-0.2, 0) is 0 Å². The monoisotopic (exact) mass is 231 g/mol. The van der Waals surface area contributed by atoms with Gasteiger partial charge in [-0.1, -0.05) is 31.1 Å². The molecular weight excluding hydrogens is 202 g/mol. The maximum atomic E-state index is 5.62. The summed E-state index contributed by atoms with van der Waals surface area (Å²) in [6.07, 6.45) is 3.57. The second-order valence-corrected chi connectivity index (χ2v) is 9.74. The summed E-state index contributed by atoms with van der Waals surface area (Å²) in [5.74, 6) is 0. The van der Waals surface area contributed by atoms with Gasteiger partial charge in [-0.3, -0.25) is 0 Å². The van der Waals surface area contributed by atoms with Gasteiger partial charge in [-0.25, -0.2) is 0 Å². The van der Waals surface area contributed by atoms with Gasteiger partial charge in [0, 0.05) is 0 Å². The molecule has 0 aliphatic carbocycles. The molecule has 0 unspecified atom stereocenters. The van der Waals surface area contributed by atoms with Crippen LogP contribution in [0.1, 0.15) is 26.2 Å². The minimum absolute atomic E-state index is 0.833. The Hall–Kier alpha value is 0.0969. The summed E-state index contributed by atoms with van der Waals surface area (Å²) in [5.41, 5.74) is 16.9. The van der Waals surface area contributed by atoms with Crippen LogP contribution in [0, 0.1) is 0 Å². The first-order chi connectivity index (χ1) is 7.24. The van der Waals surface area contributed by atoms with Gasteiger partial charge in [0.25, 0.3) is 0 Å². The largest absolute Gasteiger partial charge is 0.330 e. The Bertz CT molecular complexity index is 120. The number of hydrogen-bond acceptors (Lipinski definition) is 3. The molecule has 0 aromatic rings. The van der Waals surface area contributed by atoms with E-state index in [0.29, 0.717) is 0 Å². The van der Waals surface area contributed by atoms with Crippen molar-refractivity contribution in [1.29, 1.82) is 0 Å². The summed E-state index contributed by atoms with van der Waals surface area (Å²) >= 11 is 0. The third-order valence-electron chi connectivity index (χ3n) is 3.48. The molecule has 0 heterocycles. The Morgan fingerprint density at radius 1 is 0.733 bits per heavy atom. The summed E-state index contributed by atoms with van der Waals surface area (Å²) in [4.78, 5) is 0. The smallest absolute Gasteiger partial charge is 0.0534 e. The lowest BCUT2D eigenvalue weighted by Crippen LogP contribution is -2.35. The molecule has 92 valence electrons. The Morgan fingerprint density at radius 2 is 1.07 bits per heavy atom. The molecule has 0 saturated carbocycles. The van der Waals surface area contributed by atoms with E-state index in [1.54, 1.807) is 0 Å². The van der Waals surface area contributed by atoms with Gasteiger partial charge in [0.05, 0.1) is 8.07 Å². The molecule has 0 aromatic carbocycles. The Morgan fingerprint density at radius 3 is 1.27 bits per heavy atom. The summed E-state index contributed by atoms with van der Waals surface area (Å²) in [5, 5.41) is 0. The van der Waals surface area contributed by atoms with Crippen LogP contribution in [0.3, 0.4) is 0 Å². The molecule has 0 aromatic heterocycles. The van der Waals surface area contributed by atoms with Crippen molar-refractivity contribution in [3.63, 3.8) is 0 Å². The summed E-state index contributed by atoms with van der Waals surface area (Å²) in [7, 11) is -1.07. The van der Waals surface area contributed by atoms with E-state index < -0.39 is 8.07 Å². The van der Waals surface area contributed by atoms with Gasteiger partial charge in [0.15, 0.2) is 0 Å². The van der Waals surface area contributed by atoms with E-state index in [0.717, 1.165) is 19.6 Å². The summed E-state index contributed by atoms with van der Waals surface area (Å²) in [6.45, 7) is 4.84. The third-order valence-corrected chi connectivity index (χ3v) is 9.23. The van der Waals surface area contributed by atoms with Gasteiger partial charge in [-0.15, -0.1) is 0 Å². The zero-order chi connectivity index (χ0) is 11.6. The molecule has 0 fully saturated rings. The maximum absolute atomic E-state index is 5.62. The first kappa shape index (κ1) is 15.1. The highest BCUT2D eigenvalue weighted by atomic mass is 28.3. The number of hydrogen-bond donors (Lipinski definition) is 3. The van der Waals surface area contributed by atoms with Gasteiger partial charge in [0.2, 0.25) is 0 Å². The molecule has 0 bridgehead atoms. The molecule has 0 atom stereocenters. The van der Waals surface area contributed by atoms with Crippen LogP contribution in [0.5, 0.6) is 0 Å². The van der Waals surface area contributed by atoms with Crippen molar-refractivity contribution < 1.29 is 0 Å². The average Bonchev–Trinajstić information content (AvgIpc) is 2.29. The predicted molar refractivity (Wildman–Crippen MR) is 71.7 cm³/mol. The Balaban J connectivity index is 4.16. The van der Waals surface area contributed by atoms with Crippen molar-refractivity contribution in [2.45, 2.75) is 50.4 Å². The van der Waals surface area contributed by atoms with Gasteiger partial charge in [-0.05, 0) is 38.9 Å². The van der Waals surface area contributed by atoms with E-state index in [9.17, 15) is 0 Å². The van der Waals surface area contributed by atoms with E-state index in [1.807, 2.05) is 0 Å². The van der Waals surface area contributed by atoms with Crippen LogP contribution < -0.4 is 17.2 Å². The fourth-order valence-corrected chi connectivity index (χ4v) is 7.01. The second-order valence-electron chi connectivity index (χ2n) is 4.53. The Kier molecular flexibility index (Phi) is 9.39. The fourth-order valence-electron chi connectivity index (χ4n) is 2.34. The predicted octanol–water partition coefficient (Wildman–Crippen LogP) is 1.50. The van der Waals surface area contributed by atoms with Crippen molar-refractivity contribution >= 4 is 8.07 Å². The number of nitrogens with two attached hydrogens (primary N) is 3. The molecule has 3 nitrogen and oxygen atoms in total. The van der Waals surface area contributed by atoms with Gasteiger partial charge in [0.1, 0.15) is 0 Å². The quantitative estimate of drug-likeness (QED) is 0.499. The third kappa shape index (κ3) is 6.30. The molecule has 0 aliphatic rings. The maximum Gasteiger partial charge on any atom is 0.0534 e. The first-order valence-corrected chi connectivity index (χ1v) is 9.17. The van der Waals surface area contributed by atoms with Crippen molar-refractivity contribution in [1.82, 2.24) is 0 Å². The van der Waals surface area contributed by atoms with Crippen LogP contribution in [0.4, 0.5) is 0 Å². The summed E-state index contributed by atoms with van der Waals surface area (Å²) in [6, 6.07) is 5.49. The highest BCUT2D eigenvalue weighted by molar-refractivity contribution is 6.79. The van der Waals surface area contributed by atoms with Crippen LogP contribution >= 0.6 is 0 Å². The van der Waals surface area contributed by atoms with E-state index in [-0.39, 0.29) is 0 Å². The van der Waals surface area contributed by atoms with Crippen molar-refractivity contribution in [3.8, 4) is 0 Å². The average molecular weight is 231 g/mol. The van der Waals surface area contributed by atoms with Crippen LogP contribution in [-0.4, -0.2) is 27.7 Å². The van der Waals surface area contributed by atoms with Crippen molar-refractivity contribution in [2.24, 2.45) is 17.2 Å². The lowest BCUT2D eigenvalue weighted by atomic mass is 10.5. The van der Waals surface area contributed by atoms with Gasteiger partial charge >= 0.3 is 0 Å². The number of rotatable bonds is 10. The molecule has 15 heavy (non-hydrogen) atoms. The molecule has 0 radical (unpaired) electrons. The molecule has 4 heteroatoms. The highest BCUT2D eigenvalue weighted by Crippen LogP contribution is 2.29. The SMILES string of the molecule is CC[Si](CCCN)(CCCN)CCCN. The van der Waals surface area contributed by atoms with Crippen LogP contribution in [0.2, 0.25) is 24.2 Å². The van der Waals surface area contributed by atoms with Crippen LogP contribution in [0.15, 0.2) is 0 Å². The molecule has 0 amide bonds. The van der Waals surface area contributed by atoms with Gasteiger partial charge in [-0.2, -0.15) is 0 Å². The lowest BCUT2D eigenvalue weighted by molar-refractivity contribution is 0.823. The normalized spacial score (nSPS) is 12.0.